The first kappa shape index (κ1) is 11.3. The van der Waals surface area contributed by atoms with Gasteiger partial charge in [-0.15, -0.1) is 10.2 Å². The third kappa shape index (κ3) is 2.47. The summed E-state index contributed by atoms with van der Waals surface area (Å²) in [5.74, 6) is 0.382. The number of nitrogen functional groups attached to an aromatic ring is 1. The van der Waals surface area contributed by atoms with Gasteiger partial charge in [-0.1, -0.05) is 0 Å². The Morgan fingerprint density at radius 2 is 2.24 bits per heavy atom. The zero-order valence-corrected chi connectivity index (χ0v) is 9.71. The van der Waals surface area contributed by atoms with Crippen LogP contribution in [0.3, 0.4) is 0 Å². The molecular weight excluding hydrogens is 218 g/mol. The SMILES string of the molecule is Cc1cc(C(=O)Cc2nnn(C)n2)ccc1N. The van der Waals surface area contributed by atoms with Crippen molar-refractivity contribution in [2.24, 2.45) is 7.05 Å². The maximum absolute atomic E-state index is 11.9. The molecule has 1 aromatic carbocycles. The minimum absolute atomic E-state index is 0.0406. The van der Waals surface area contributed by atoms with Gasteiger partial charge in [0.25, 0.3) is 0 Å². The van der Waals surface area contributed by atoms with E-state index in [0.29, 0.717) is 17.1 Å². The molecule has 88 valence electrons. The lowest BCUT2D eigenvalue weighted by Crippen LogP contribution is -2.06. The van der Waals surface area contributed by atoms with Crippen LogP contribution in [0.1, 0.15) is 21.7 Å². The van der Waals surface area contributed by atoms with Crippen LogP contribution in [0.25, 0.3) is 0 Å². The topological polar surface area (TPSA) is 86.7 Å². The summed E-state index contributed by atoms with van der Waals surface area (Å²) < 4.78 is 0. The minimum atomic E-state index is -0.0406. The molecule has 2 aromatic rings. The van der Waals surface area contributed by atoms with Gasteiger partial charge < -0.3 is 5.73 Å². The second kappa shape index (κ2) is 4.32. The van der Waals surface area contributed by atoms with E-state index in [2.05, 4.69) is 15.4 Å². The van der Waals surface area contributed by atoms with E-state index in [0.717, 1.165) is 5.56 Å². The van der Waals surface area contributed by atoms with Gasteiger partial charge in [0.05, 0.1) is 13.5 Å². The van der Waals surface area contributed by atoms with E-state index in [1.807, 2.05) is 6.92 Å². The van der Waals surface area contributed by atoms with Crippen LogP contribution in [-0.2, 0) is 13.5 Å². The van der Waals surface area contributed by atoms with Crippen molar-refractivity contribution in [1.29, 1.82) is 0 Å². The molecule has 1 heterocycles. The van der Waals surface area contributed by atoms with Gasteiger partial charge in [0, 0.05) is 11.3 Å². The average molecular weight is 231 g/mol. The van der Waals surface area contributed by atoms with Crippen LogP contribution in [0, 0.1) is 6.92 Å². The van der Waals surface area contributed by atoms with Gasteiger partial charge >= 0.3 is 0 Å². The van der Waals surface area contributed by atoms with E-state index in [1.54, 1.807) is 25.2 Å². The van der Waals surface area contributed by atoms with Gasteiger partial charge in [-0.3, -0.25) is 4.79 Å². The fourth-order valence-electron chi connectivity index (χ4n) is 1.49. The molecule has 1 aromatic heterocycles. The van der Waals surface area contributed by atoms with Gasteiger partial charge in [0.2, 0.25) is 0 Å². The minimum Gasteiger partial charge on any atom is -0.399 e. The molecule has 0 unspecified atom stereocenters. The normalized spacial score (nSPS) is 10.5. The Morgan fingerprint density at radius 1 is 1.47 bits per heavy atom. The second-order valence-corrected chi connectivity index (χ2v) is 3.87. The van der Waals surface area contributed by atoms with Crippen molar-refractivity contribution < 1.29 is 4.79 Å². The first-order valence-electron chi connectivity index (χ1n) is 5.18. The van der Waals surface area contributed by atoms with Crippen molar-refractivity contribution in [3.05, 3.63) is 35.2 Å². The maximum Gasteiger partial charge on any atom is 0.182 e. The van der Waals surface area contributed by atoms with E-state index in [4.69, 9.17) is 5.73 Å². The molecule has 0 fully saturated rings. The van der Waals surface area contributed by atoms with Crippen LogP contribution < -0.4 is 5.73 Å². The number of nitrogens with two attached hydrogens (primary N) is 1. The van der Waals surface area contributed by atoms with Gasteiger partial charge in [-0.25, -0.2) is 0 Å². The van der Waals surface area contributed by atoms with Crippen molar-refractivity contribution in [1.82, 2.24) is 20.2 Å². The summed E-state index contributed by atoms with van der Waals surface area (Å²) in [6.07, 6.45) is 0.150. The lowest BCUT2D eigenvalue weighted by Gasteiger charge is -2.02. The molecule has 6 heteroatoms. The number of rotatable bonds is 3. The van der Waals surface area contributed by atoms with Crippen LogP contribution in [0.15, 0.2) is 18.2 Å². The van der Waals surface area contributed by atoms with Crippen molar-refractivity contribution in [3.8, 4) is 0 Å². The number of benzene rings is 1. The third-order valence-corrected chi connectivity index (χ3v) is 2.46. The maximum atomic E-state index is 11.9. The molecule has 0 saturated carbocycles. The molecule has 0 aliphatic rings. The predicted molar refractivity (Wildman–Crippen MR) is 62.4 cm³/mol. The smallest absolute Gasteiger partial charge is 0.182 e. The summed E-state index contributed by atoms with van der Waals surface area (Å²) in [7, 11) is 1.66. The van der Waals surface area contributed by atoms with Gasteiger partial charge in [0.1, 0.15) is 0 Å². The number of nitrogens with zero attached hydrogens (tertiary/aromatic N) is 4. The van der Waals surface area contributed by atoms with E-state index >= 15 is 0 Å². The number of hydrogen-bond donors (Lipinski definition) is 1. The molecule has 0 saturated heterocycles. The number of carbonyl (C=O) groups is 1. The average Bonchev–Trinajstić information content (AvgIpc) is 2.68. The number of aryl methyl sites for hydroxylation is 2. The van der Waals surface area contributed by atoms with Crippen LogP contribution in [-0.4, -0.2) is 26.0 Å². The number of aromatic nitrogens is 4. The molecule has 2 rings (SSSR count). The van der Waals surface area contributed by atoms with Gasteiger partial charge in [-0.2, -0.15) is 4.80 Å². The second-order valence-electron chi connectivity index (χ2n) is 3.87. The Morgan fingerprint density at radius 3 is 2.82 bits per heavy atom. The molecule has 17 heavy (non-hydrogen) atoms. The van der Waals surface area contributed by atoms with Gasteiger partial charge in [-0.05, 0) is 35.9 Å². The molecule has 0 radical (unpaired) electrons. The highest BCUT2D eigenvalue weighted by atomic mass is 16.1. The first-order chi connectivity index (χ1) is 8.06. The molecule has 0 bridgehead atoms. The number of hydrogen-bond acceptors (Lipinski definition) is 5. The number of carbonyl (C=O) groups excluding carboxylic acids is 1. The molecule has 0 aliphatic heterocycles. The Labute approximate surface area is 98.4 Å². The highest BCUT2D eigenvalue weighted by Crippen LogP contribution is 2.13. The zero-order valence-electron chi connectivity index (χ0n) is 9.71. The molecule has 6 nitrogen and oxygen atoms in total. The number of Topliss-reactive ketones (excluding diaryl/α,β-unsaturated/α-hetero) is 1. The first-order valence-corrected chi connectivity index (χ1v) is 5.18. The van der Waals surface area contributed by atoms with Crippen LogP contribution in [0.4, 0.5) is 5.69 Å². The summed E-state index contributed by atoms with van der Waals surface area (Å²) in [4.78, 5) is 13.3. The summed E-state index contributed by atoms with van der Waals surface area (Å²) in [6.45, 7) is 1.87. The van der Waals surface area contributed by atoms with E-state index < -0.39 is 0 Å². The van der Waals surface area contributed by atoms with Crippen LogP contribution in [0.2, 0.25) is 0 Å². The fraction of sp³-hybridized carbons (Fsp3) is 0.273. The molecule has 0 amide bonds. The lowest BCUT2D eigenvalue weighted by molar-refractivity contribution is 0.0990. The van der Waals surface area contributed by atoms with Crippen molar-refractivity contribution >= 4 is 11.5 Å². The Kier molecular flexibility index (Phi) is 2.86. The summed E-state index contributed by atoms with van der Waals surface area (Å²) >= 11 is 0. The summed E-state index contributed by atoms with van der Waals surface area (Å²) in [6, 6.07) is 5.21. The van der Waals surface area contributed by atoms with E-state index in [-0.39, 0.29) is 12.2 Å². The Hall–Kier alpha value is -2.24. The number of ketones is 1. The monoisotopic (exact) mass is 231 g/mol. The van der Waals surface area contributed by atoms with E-state index in [1.165, 1.54) is 4.80 Å². The van der Waals surface area contributed by atoms with Crippen LogP contribution in [0.5, 0.6) is 0 Å². The van der Waals surface area contributed by atoms with Crippen molar-refractivity contribution in [2.45, 2.75) is 13.3 Å². The highest BCUT2D eigenvalue weighted by molar-refractivity contribution is 5.97. The molecular formula is C11H13N5O. The predicted octanol–water partition coefficient (Wildman–Crippen LogP) is 0.526. The Bertz CT molecular complexity index is 561. The molecule has 2 N–H and O–H groups in total. The fourth-order valence-corrected chi connectivity index (χ4v) is 1.49. The van der Waals surface area contributed by atoms with Crippen molar-refractivity contribution in [2.75, 3.05) is 5.73 Å². The Balaban J connectivity index is 2.17. The summed E-state index contributed by atoms with van der Waals surface area (Å²) in [5.41, 5.74) is 7.88. The highest BCUT2D eigenvalue weighted by Gasteiger charge is 2.11. The largest absolute Gasteiger partial charge is 0.399 e. The van der Waals surface area contributed by atoms with Gasteiger partial charge in [0.15, 0.2) is 11.6 Å². The summed E-state index contributed by atoms with van der Waals surface area (Å²) in [5, 5.41) is 11.4. The number of tetrazole rings is 1. The lowest BCUT2D eigenvalue weighted by atomic mass is 10.0. The third-order valence-electron chi connectivity index (χ3n) is 2.46. The molecule has 0 atom stereocenters. The molecule has 0 aliphatic carbocycles. The molecule has 0 spiro atoms. The standard InChI is InChI=1S/C11H13N5O/c1-7-5-8(3-4-9(7)12)10(17)6-11-13-15-16(2)14-11/h3-5H,6,12H2,1-2H3. The number of anilines is 1. The zero-order chi connectivity index (χ0) is 12.4. The van der Waals surface area contributed by atoms with Crippen LogP contribution >= 0.6 is 0 Å². The van der Waals surface area contributed by atoms with E-state index in [9.17, 15) is 4.79 Å². The quantitative estimate of drug-likeness (QED) is 0.615. The van der Waals surface area contributed by atoms with Crippen molar-refractivity contribution in [3.63, 3.8) is 0 Å².